The van der Waals surface area contributed by atoms with Crippen LogP contribution in [0.5, 0.6) is 0 Å². The van der Waals surface area contributed by atoms with Crippen LogP contribution in [0.3, 0.4) is 0 Å². The predicted octanol–water partition coefficient (Wildman–Crippen LogP) is 1.81. The van der Waals surface area contributed by atoms with Crippen molar-refractivity contribution >= 4 is 11.8 Å². The van der Waals surface area contributed by atoms with Gasteiger partial charge in [0.25, 0.3) is 5.91 Å². The maximum atomic E-state index is 13.4. The maximum Gasteiger partial charge on any atom is 0.257 e. The average molecular weight is 381 g/mol. The first-order valence-corrected chi connectivity index (χ1v) is 9.86. The lowest BCUT2D eigenvalue weighted by Crippen LogP contribution is -2.62. The summed E-state index contributed by atoms with van der Waals surface area (Å²) in [6.45, 7) is 4.81. The van der Waals surface area contributed by atoms with Gasteiger partial charge in [0, 0.05) is 43.7 Å². The molecule has 0 aliphatic carbocycles. The summed E-state index contributed by atoms with van der Waals surface area (Å²) in [5.74, 6) is 0.103. The minimum atomic E-state index is -0.152. The molecule has 3 heterocycles. The predicted molar refractivity (Wildman–Crippen MR) is 107 cm³/mol. The highest BCUT2D eigenvalue weighted by molar-refractivity contribution is 6.00. The van der Waals surface area contributed by atoms with Crippen molar-refractivity contribution in [2.24, 2.45) is 0 Å². The molecule has 7 heteroatoms. The summed E-state index contributed by atoms with van der Waals surface area (Å²) >= 11 is 0. The zero-order valence-electron chi connectivity index (χ0n) is 16.5. The largest absolute Gasteiger partial charge is 0.356 e. The Hall–Kier alpha value is -2.67. The minimum Gasteiger partial charge on any atom is -0.356 e. The highest BCUT2D eigenvalue weighted by atomic mass is 16.2. The second kappa shape index (κ2) is 7.39. The maximum absolute atomic E-state index is 13.4. The molecule has 2 aliphatic heterocycles. The Labute approximate surface area is 165 Å². The van der Waals surface area contributed by atoms with E-state index in [2.05, 4.69) is 33.5 Å². The lowest BCUT2D eigenvalue weighted by Gasteiger charge is -2.49. The van der Waals surface area contributed by atoms with Crippen molar-refractivity contribution < 1.29 is 9.59 Å². The zero-order valence-corrected chi connectivity index (χ0v) is 16.5. The van der Waals surface area contributed by atoms with Crippen LogP contribution in [0.4, 0.5) is 0 Å². The molecule has 0 bridgehead atoms. The van der Waals surface area contributed by atoms with E-state index in [1.54, 1.807) is 6.20 Å². The SMILES string of the molecule is Cc1cccc(-c2[nH]ncc2C(=O)N2CCN(C)C3(CCNC(=O)CC3)C2)c1. The van der Waals surface area contributed by atoms with Gasteiger partial charge in [0.2, 0.25) is 5.91 Å². The molecule has 1 spiro atoms. The Morgan fingerprint density at radius 2 is 2.11 bits per heavy atom. The lowest BCUT2D eigenvalue weighted by molar-refractivity contribution is -0.121. The van der Waals surface area contributed by atoms with Crippen LogP contribution < -0.4 is 5.32 Å². The Kier molecular flexibility index (Phi) is 4.93. The van der Waals surface area contributed by atoms with E-state index in [4.69, 9.17) is 0 Å². The molecule has 0 radical (unpaired) electrons. The summed E-state index contributed by atoms with van der Waals surface area (Å²) in [6, 6.07) is 8.07. The van der Waals surface area contributed by atoms with Crippen LogP contribution in [0.2, 0.25) is 0 Å². The molecule has 0 saturated carbocycles. The van der Waals surface area contributed by atoms with Gasteiger partial charge in [-0.3, -0.25) is 19.6 Å². The van der Waals surface area contributed by atoms with Crippen molar-refractivity contribution in [3.63, 3.8) is 0 Å². The van der Waals surface area contributed by atoms with Crippen molar-refractivity contribution in [2.75, 3.05) is 33.2 Å². The van der Waals surface area contributed by atoms with Crippen LogP contribution >= 0.6 is 0 Å². The van der Waals surface area contributed by atoms with Gasteiger partial charge in [-0.05, 0) is 32.9 Å². The third kappa shape index (κ3) is 3.42. The number of H-pyrrole nitrogens is 1. The van der Waals surface area contributed by atoms with E-state index in [1.165, 1.54) is 0 Å². The topological polar surface area (TPSA) is 81.3 Å². The first-order valence-electron chi connectivity index (χ1n) is 9.86. The number of aromatic nitrogens is 2. The van der Waals surface area contributed by atoms with E-state index in [1.807, 2.05) is 30.0 Å². The molecule has 1 atom stereocenters. The van der Waals surface area contributed by atoms with Crippen LogP contribution in [0.15, 0.2) is 30.5 Å². The van der Waals surface area contributed by atoms with Gasteiger partial charge in [-0.1, -0.05) is 23.8 Å². The minimum absolute atomic E-state index is 0.00117. The first kappa shape index (κ1) is 18.7. The van der Waals surface area contributed by atoms with E-state index < -0.39 is 0 Å². The molecule has 1 aromatic heterocycles. The van der Waals surface area contributed by atoms with E-state index in [9.17, 15) is 9.59 Å². The van der Waals surface area contributed by atoms with Gasteiger partial charge in [-0.2, -0.15) is 5.10 Å². The number of carbonyl (C=O) groups is 2. The van der Waals surface area contributed by atoms with Crippen molar-refractivity contribution in [1.29, 1.82) is 0 Å². The number of rotatable bonds is 2. The zero-order chi connectivity index (χ0) is 19.7. The molecule has 7 nitrogen and oxygen atoms in total. The molecule has 2 aromatic rings. The number of amides is 2. The van der Waals surface area contributed by atoms with Crippen LogP contribution in [0.1, 0.15) is 35.2 Å². The van der Waals surface area contributed by atoms with Gasteiger partial charge >= 0.3 is 0 Å². The summed E-state index contributed by atoms with van der Waals surface area (Å²) in [5.41, 5.74) is 3.32. The Bertz CT molecular complexity index is 892. The molecule has 148 valence electrons. The molecule has 2 saturated heterocycles. The summed E-state index contributed by atoms with van der Waals surface area (Å²) in [7, 11) is 2.10. The van der Waals surface area contributed by atoms with Crippen LogP contribution in [0, 0.1) is 6.92 Å². The van der Waals surface area contributed by atoms with E-state index in [0.717, 1.165) is 36.2 Å². The summed E-state index contributed by atoms with van der Waals surface area (Å²) in [5, 5.41) is 10.1. The molecule has 2 aliphatic rings. The third-order valence-corrected chi connectivity index (χ3v) is 6.19. The second-order valence-corrected chi connectivity index (χ2v) is 8.00. The quantitative estimate of drug-likeness (QED) is 0.831. The first-order chi connectivity index (χ1) is 13.5. The van der Waals surface area contributed by atoms with Crippen molar-refractivity contribution in [3.8, 4) is 11.3 Å². The Morgan fingerprint density at radius 1 is 1.25 bits per heavy atom. The standard InChI is InChI=1S/C21H27N5O2/c1-15-4-3-5-16(12-15)19-17(13-23-24-19)20(28)26-11-10-25(2)21(14-26)7-6-18(27)22-9-8-21/h3-5,12-13H,6-11,14H2,1-2H3,(H,22,27)(H,23,24). The molecule has 4 rings (SSSR count). The fraction of sp³-hybridized carbons (Fsp3) is 0.476. The molecular weight excluding hydrogens is 354 g/mol. The van der Waals surface area contributed by atoms with Crippen molar-refractivity contribution in [3.05, 3.63) is 41.6 Å². The highest BCUT2D eigenvalue weighted by Crippen LogP contribution is 2.32. The lowest BCUT2D eigenvalue weighted by atomic mass is 9.86. The monoisotopic (exact) mass is 381 g/mol. The fourth-order valence-electron chi connectivity index (χ4n) is 4.41. The number of carbonyl (C=O) groups excluding carboxylic acids is 2. The van der Waals surface area contributed by atoms with E-state index in [-0.39, 0.29) is 17.4 Å². The normalized spacial score (nSPS) is 23.5. The number of aromatic amines is 1. The number of nitrogens with zero attached hydrogens (tertiary/aromatic N) is 3. The number of hydrogen-bond donors (Lipinski definition) is 2. The number of likely N-dealkylation sites (N-methyl/N-ethyl adjacent to an activating group) is 1. The number of aryl methyl sites for hydroxylation is 1. The third-order valence-electron chi connectivity index (χ3n) is 6.19. The van der Waals surface area contributed by atoms with Gasteiger partial charge < -0.3 is 10.2 Å². The summed E-state index contributed by atoms with van der Waals surface area (Å²) in [6.07, 6.45) is 3.76. The Balaban J connectivity index is 1.59. The molecule has 2 fully saturated rings. The van der Waals surface area contributed by atoms with Crippen molar-refractivity contribution in [1.82, 2.24) is 25.3 Å². The van der Waals surface area contributed by atoms with Gasteiger partial charge in [0.05, 0.1) is 17.5 Å². The van der Waals surface area contributed by atoms with Gasteiger partial charge in [-0.25, -0.2) is 0 Å². The number of hydrogen-bond acceptors (Lipinski definition) is 4. The molecule has 2 N–H and O–H groups in total. The van der Waals surface area contributed by atoms with Crippen LogP contribution in [0.25, 0.3) is 11.3 Å². The van der Waals surface area contributed by atoms with Crippen LogP contribution in [-0.4, -0.2) is 70.6 Å². The van der Waals surface area contributed by atoms with Gasteiger partial charge in [-0.15, -0.1) is 0 Å². The highest BCUT2D eigenvalue weighted by Gasteiger charge is 2.42. The van der Waals surface area contributed by atoms with Gasteiger partial charge in [0.1, 0.15) is 0 Å². The smallest absolute Gasteiger partial charge is 0.257 e. The fourth-order valence-corrected chi connectivity index (χ4v) is 4.41. The second-order valence-electron chi connectivity index (χ2n) is 8.00. The van der Waals surface area contributed by atoms with E-state index >= 15 is 0 Å². The van der Waals surface area contributed by atoms with Gasteiger partial charge in [0.15, 0.2) is 0 Å². The van der Waals surface area contributed by atoms with E-state index in [0.29, 0.717) is 31.6 Å². The number of nitrogens with one attached hydrogen (secondary N) is 2. The average Bonchev–Trinajstić information content (AvgIpc) is 3.10. The molecule has 1 aromatic carbocycles. The number of piperazine rings is 1. The van der Waals surface area contributed by atoms with Crippen molar-refractivity contribution in [2.45, 2.75) is 31.7 Å². The Morgan fingerprint density at radius 3 is 2.93 bits per heavy atom. The summed E-state index contributed by atoms with van der Waals surface area (Å²) in [4.78, 5) is 29.5. The molecule has 1 unspecified atom stereocenters. The van der Waals surface area contributed by atoms with Crippen LogP contribution in [-0.2, 0) is 4.79 Å². The number of benzene rings is 1. The molecule has 2 amide bonds. The summed E-state index contributed by atoms with van der Waals surface area (Å²) < 4.78 is 0. The molecular formula is C21H27N5O2. The molecule has 28 heavy (non-hydrogen) atoms.